The first-order chi connectivity index (χ1) is 8.85. The SMILES string of the molecule is CC(C)n1c(CC(C)(O)CN)nc2cccc(Cl)c21. The summed E-state index contributed by atoms with van der Waals surface area (Å²) in [5.74, 6) is 0.813. The van der Waals surface area contributed by atoms with E-state index in [4.69, 9.17) is 17.3 Å². The van der Waals surface area contributed by atoms with Gasteiger partial charge in [-0.2, -0.15) is 0 Å². The molecule has 19 heavy (non-hydrogen) atoms. The van der Waals surface area contributed by atoms with Crippen molar-refractivity contribution in [3.05, 3.63) is 29.0 Å². The van der Waals surface area contributed by atoms with Crippen molar-refractivity contribution in [3.8, 4) is 0 Å². The fourth-order valence-corrected chi connectivity index (χ4v) is 2.51. The van der Waals surface area contributed by atoms with Crippen LogP contribution in [0.1, 0.15) is 32.6 Å². The van der Waals surface area contributed by atoms with Gasteiger partial charge in [0.25, 0.3) is 0 Å². The van der Waals surface area contributed by atoms with E-state index in [0.717, 1.165) is 16.9 Å². The smallest absolute Gasteiger partial charge is 0.113 e. The molecule has 1 aromatic carbocycles. The van der Waals surface area contributed by atoms with E-state index in [2.05, 4.69) is 23.4 Å². The number of halogens is 1. The average Bonchev–Trinajstić information content (AvgIpc) is 2.67. The number of imidazole rings is 1. The van der Waals surface area contributed by atoms with Gasteiger partial charge >= 0.3 is 0 Å². The number of aliphatic hydroxyl groups is 1. The lowest BCUT2D eigenvalue weighted by molar-refractivity contribution is 0.0665. The van der Waals surface area contributed by atoms with Crippen LogP contribution in [0.5, 0.6) is 0 Å². The standard InChI is InChI=1S/C14H20ClN3O/c1-9(2)18-12(7-14(3,19)8-16)17-11-6-4-5-10(15)13(11)18/h4-6,9,19H,7-8,16H2,1-3H3. The van der Waals surface area contributed by atoms with Crippen LogP contribution in [0.4, 0.5) is 0 Å². The molecule has 0 saturated heterocycles. The largest absolute Gasteiger partial charge is 0.388 e. The molecule has 0 amide bonds. The Hall–Kier alpha value is -1.10. The third-order valence-electron chi connectivity index (χ3n) is 3.23. The van der Waals surface area contributed by atoms with Gasteiger partial charge in [0.1, 0.15) is 5.82 Å². The maximum Gasteiger partial charge on any atom is 0.113 e. The Labute approximate surface area is 118 Å². The minimum absolute atomic E-state index is 0.196. The highest BCUT2D eigenvalue weighted by atomic mass is 35.5. The number of hydrogen-bond acceptors (Lipinski definition) is 3. The summed E-state index contributed by atoms with van der Waals surface area (Å²) in [5.41, 5.74) is 6.40. The highest BCUT2D eigenvalue weighted by Crippen LogP contribution is 2.29. The van der Waals surface area contributed by atoms with Crippen LogP contribution in [0.25, 0.3) is 11.0 Å². The lowest BCUT2D eigenvalue weighted by atomic mass is 10.0. The Bertz CT molecular complexity index is 590. The van der Waals surface area contributed by atoms with Crippen LogP contribution in [0.3, 0.4) is 0 Å². The third kappa shape index (κ3) is 2.76. The highest BCUT2D eigenvalue weighted by molar-refractivity contribution is 6.35. The Kier molecular flexibility index (Phi) is 3.85. The van der Waals surface area contributed by atoms with Gasteiger partial charge in [0, 0.05) is 19.0 Å². The van der Waals surface area contributed by atoms with Gasteiger partial charge in [-0.1, -0.05) is 17.7 Å². The maximum absolute atomic E-state index is 10.2. The first-order valence-electron chi connectivity index (χ1n) is 6.43. The van der Waals surface area contributed by atoms with Crippen LogP contribution in [0.15, 0.2) is 18.2 Å². The zero-order chi connectivity index (χ0) is 14.2. The molecule has 0 fully saturated rings. The van der Waals surface area contributed by atoms with Gasteiger partial charge < -0.3 is 15.4 Å². The minimum atomic E-state index is -0.958. The second kappa shape index (κ2) is 5.12. The van der Waals surface area contributed by atoms with Crippen LogP contribution in [-0.2, 0) is 6.42 Å². The fraction of sp³-hybridized carbons (Fsp3) is 0.500. The number of rotatable bonds is 4. The van der Waals surface area contributed by atoms with Crippen molar-refractivity contribution in [1.29, 1.82) is 0 Å². The summed E-state index contributed by atoms with van der Waals surface area (Å²) < 4.78 is 2.07. The Morgan fingerprint density at radius 2 is 2.16 bits per heavy atom. The monoisotopic (exact) mass is 281 g/mol. The Morgan fingerprint density at radius 3 is 2.74 bits per heavy atom. The van der Waals surface area contributed by atoms with Gasteiger partial charge in [0.15, 0.2) is 0 Å². The quantitative estimate of drug-likeness (QED) is 0.905. The van der Waals surface area contributed by atoms with Gasteiger partial charge in [0.2, 0.25) is 0 Å². The minimum Gasteiger partial charge on any atom is -0.388 e. The normalized spacial score (nSPS) is 15.1. The van der Waals surface area contributed by atoms with Crippen molar-refractivity contribution in [1.82, 2.24) is 9.55 Å². The molecule has 0 bridgehead atoms. The van der Waals surface area contributed by atoms with Crippen molar-refractivity contribution in [2.75, 3.05) is 6.54 Å². The summed E-state index contributed by atoms with van der Waals surface area (Å²) in [4.78, 5) is 4.59. The fourth-order valence-electron chi connectivity index (χ4n) is 2.25. The van der Waals surface area contributed by atoms with Crippen LogP contribution >= 0.6 is 11.6 Å². The van der Waals surface area contributed by atoms with Crippen molar-refractivity contribution >= 4 is 22.6 Å². The van der Waals surface area contributed by atoms with Crippen LogP contribution < -0.4 is 5.73 Å². The second-order valence-electron chi connectivity index (χ2n) is 5.48. The number of nitrogens with two attached hydrogens (primary N) is 1. The third-order valence-corrected chi connectivity index (χ3v) is 3.53. The number of fused-ring (bicyclic) bond motifs is 1. The second-order valence-corrected chi connectivity index (χ2v) is 5.88. The zero-order valence-corrected chi connectivity index (χ0v) is 12.3. The predicted molar refractivity (Wildman–Crippen MR) is 78.5 cm³/mol. The molecule has 3 N–H and O–H groups in total. The van der Waals surface area contributed by atoms with Crippen LogP contribution in [0.2, 0.25) is 5.02 Å². The topological polar surface area (TPSA) is 64.1 Å². The van der Waals surface area contributed by atoms with E-state index in [1.165, 1.54) is 0 Å². The van der Waals surface area contributed by atoms with Crippen LogP contribution in [0, 0.1) is 0 Å². The first-order valence-corrected chi connectivity index (χ1v) is 6.81. The van der Waals surface area contributed by atoms with E-state index < -0.39 is 5.60 Å². The number of hydrogen-bond donors (Lipinski definition) is 2. The molecule has 1 heterocycles. The zero-order valence-electron chi connectivity index (χ0n) is 11.5. The van der Waals surface area contributed by atoms with Gasteiger partial charge in [-0.25, -0.2) is 4.98 Å². The average molecular weight is 282 g/mol. The summed E-state index contributed by atoms with van der Waals surface area (Å²) in [6.45, 7) is 6.07. The molecule has 0 radical (unpaired) electrons. The molecule has 1 atom stereocenters. The van der Waals surface area contributed by atoms with E-state index in [1.807, 2.05) is 18.2 Å². The van der Waals surface area contributed by atoms with Gasteiger partial charge in [-0.15, -0.1) is 0 Å². The van der Waals surface area contributed by atoms with Gasteiger partial charge in [0.05, 0.1) is 21.7 Å². The van der Waals surface area contributed by atoms with E-state index in [0.29, 0.717) is 11.4 Å². The number of aromatic nitrogens is 2. The maximum atomic E-state index is 10.2. The van der Waals surface area contributed by atoms with E-state index in [1.54, 1.807) is 6.92 Å². The molecule has 2 aromatic rings. The molecule has 1 unspecified atom stereocenters. The lowest BCUT2D eigenvalue weighted by Gasteiger charge is -2.22. The van der Waals surface area contributed by atoms with Crippen molar-refractivity contribution in [3.63, 3.8) is 0 Å². The Balaban J connectivity index is 2.61. The molecule has 5 heteroatoms. The molecule has 0 aliphatic heterocycles. The van der Waals surface area contributed by atoms with E-state index in [-0.39, 0.29) is 12.6 Å². The molecule has 1 aromatic heterocycles. The molecule has 0 spiro atoms. The number of benzene rings is 1. The van der Waals surface area contributed by atoms with Gasteiger partial charge in [-0.05, 0) is 32.9 Å². The molecular formula is C14H20ClN3O. The molecule has 2 rings (SSSR count). The first kappa shape index (κ1) is 14.3. The van der Waals surface area contributed by atoms with Crippen LogP contribution in [-0.4, -0.2) is 26.8 Å². The summed E-state index contributed by atoms with van der Waals surface area (Å²) in [7, 11) is 0. The number of para-hydroxylation sites is 1. The summed E-state index contributed by atoms with van der Waals surface area (Å²) in [5, 5.41) is 10.8. The molecule has 0 saturated carbocycles. The van der Waals surface area contributed by atoms with E-state index >= 15 is 0 Å². The summed E-state index contributed by atoms with van der Waals surface area (Å²) >= 11 is 6.28. The highest BCUT2D eigenvalue weighted by Gasteiger charge is 2.24. The van der Waals surface area contributed by atoms with Crippen molar-refractivity contribution in [2.45, 2.75) is 38.8 Å². The van der Waals surface area contributed by atoms with Gasteiger partial charge in [-0.3, -0.25) is 0 Å². The summed E-state index contributed by atoms with van der Waals surface area (Å²) in [6, 6.07) is 5.89. The molecule has 0 aliphatic rings. The van der Waals surface area contributed by atoms with E-state index in [9.17, 15) is 5.11 Å². The van der Waals surface area contributed by atoms with Crippen molar-refractivity contribution < 1.29 is 5.11 Å². The molecule has 104 valence electrons. The predicted octanol–water partition coefficient (Wildman–Crippen LogP) is 2.52. The Morgan fingerprint density at radius 1 is 1.47 bits per heavy atom. The molecular weight excluding hydrogens is 262 g/mol. The summed E-state index contributed by atoms with van der Waals surface area (Å²) in [6.07, 6.45) is 0.409. The number of nitrogens with zero attached hydrogens (tertiary/aromatic N) is 2. The molecule has 4 nitrogen and oxygen atoms in total. The molecule has 0 aliphatic carbocycles. The lowest BCUT2D eigenvalue weighted by Crippen LogP contribution is -2.37. The van der Waals surface area contributed by atoms with Crippen molar-refractivity contribution in [2.24, 2.45) is 5.73 Å².